The number of benzene rings is 3. The summed E-state index contributed by atoms with van der Waals surface area (Å²) in [5.41, 5.74) is -4.31. The average Bonchev–Trinajstić information content (AvgIpc) is 3.30. The number of hydrogen-bond donors (Lipinski definition) is 0. The summed E-state index contributed by atoms with van der Waals surface area (Å²) < 4.78 is 138. The van der Waals surface area contributed by atoms with Crippen LogP contribution in [0.3, 0.4) is 0 Å². The van der Waals surface area contributed by atoms with Crippen molar-refractivity contribution in [2.24, 2.45) is 0 Å². The second kappa shape index (κ2) is 14.8. The molecular weight excluding hydrogens is 693 g/mol. The Morgan fingerprint density at radius 3 is 2.06 bits per heavy atom. The molecule has 0 aromatic heterocycles. The lowest BCUT2D eigenvalue weighted by molar-refractivity contribution is -0.144. The smallest absolute Gasteiger partial charge is 0.416 e. The fourth-order valence-corrected chi connectivity index (χ4v) is 6.17. The molecular formula is C33H30F9NO5S. The Bertz CT molecular complexity index is 1640. The van der Waals surface area contributed by atoms with Crippen molar-refractivity contribution in [1.82, 2.24) is 4.90 Å². The van der Waals surface area contributed by atoms with Crippen LogP contribution in [0.1, 0.15) is 60.6 Å². The number of nitrogens with zero attached hydrogens (tertiary/aromatic N) is 1. The number of hydrogen-bond acceptors (Lipinski definition) is 6. The fraction of sp³-hybridized carbons (Fsp3) is 0.394. The molecule has 1 fully saturated rings. The maximum Gasteiger partial charge on any atom is 0.416 e. The Morgan fingerprint density at radius 1 is 0.857 bits per heavy atom. The van der Waals surface area contributed by atoms with Crippen LogP contribution in [0.4, 0.5) is 44.3 Å². The normalized spacial score (nSPS) is 16.9. The zero-order chi connectivity index (χ0) is 36.3. The number of thioether (sulfide) groups is 1. The van der Waals surface area contributed by atoms with Gasteiger partial charge in [0.25, 0.3) is 0 Å². The standard InChI is InChI=1S/C33H30F9NO5S/c1-4-47-28(44)6-5-11-49-24-8-10-27(46-3)26(16-24)25-9-7-21(31(34,35)36)14-20(25)17-43-18(2)29(48-30(43)45)19-12-22(32(37,38)39)15-23(13-19)33(40,41)42/h7-10,12-16,18,29H,4-6,11,17H2,1-3H3/t18-,29-/m0/s1. The second-order valence-corrected chi connectivity index (χ2v) is 12.2. The minimum absolute atomic E-state index is 0.0398. The number of esters is 1. The number of carbonyl (C=O) groups is 2. The Balaban J connectivity index is 1.70. The molecule has 16 heteroatoms. The molecule has 3 aromatic carbocycles. The van der Waals surface area contributed by atoms with E-state index in [1.54, 1.807) is 25.1 Å². The van der Waals surface area contributed by atoms with Crippen molar-refractivity contribution in [3.63, 3.8) is 0 Å². The highest BCUT2D eigenvalue weighted by molar-refractivity contribution is 7.99. The maximum atomic E-state index is 13.9. The molecule has 1 aliphatic rings. The molecule has 0 bridgehead atoms. The number of halogens is 9. The van der Waals surface area contributed by atoms with Crippen LogP contribution in [0.2, 0.25) is 0 Å². The highest BCUT2D eigenvalue weighted by atomic mass is 32.2. The van der Waals surface area contributed by atoms with Gasteiger partial charge in [0.05, 0.1) is 43.0 Å². The molecule has 266 valence electrons. The van der Waals surface area contributed by atoms with Crippen molar-refractivity contribution < 1.29 is 63.3 Å². The number of alkyl halides is 9. The minimum atomic E-state index is -5.15. The van der Waals surface area contributed by atoms with E-state index in [1.807, 2.05) is 0 Å². The van der Waals surface area contributed by atoms with Crippen LogP contribution < -0.4 is 4.74 Å². The molecule has 0 spiro atoms. The fourth-order valence-electron chi connectivity index (χ4n) is 5.28. The molecule has 1 heterocycles. The molecule has 1 saturated heterocycles. The van der Waals surface area contributed by atoms with Crippen LogP contribution in [0.25, 0.3) is 11.1 Å². The second-order valence-electron chi connectivity index (χ2n) is 11.0. The van der Waals surface area contributed by atoms with E-state index in [0.29, 0.717) is 34.8 Å². The zero-order valence-corrected chi connectivity index (χ0v) is 27.0. The van der Waals surface area contributed by atoms with Gasteiger partial charge in [-0.2, -0.15) is 39.5 Å². The van der Waals surface area contributed by atoms with Crippen LogP contribution in [0, 0.1) is 0 Å². The first kappa shape index (κ1) is 37.7. The van der Waals surface area contributed by atoms with E-state index < -0.39 is 65.6 Å². The van der Waals surface area contributed by atoms with Gasteiger partial charge >= 0.3 is 30.6 Å². The summed E-state index contributed by atoms with van der Waals surface area (Å²) in [6.45, 7) is 2.71. The van der Waals surface area contributed by atoms with Crippen LogP contribution in [-0.4, -0.2) is 42.5 Å². The first-order valence-electron chi connectivity index (χ1n) is 14.8. The van der Waals surface area contributed by atoms with E-state index in [9.17, 15) is 49.1 Å². The molecule has 0 saturated carbocycles. The predicted molar refractivity (Wildman–Crippen MR) is 161 cm³/mol. The quantitative estimate of drug-likeness (QED) is 0.0850. The molecule has 0 N–H and O–H groups in total. The highest BCUT2D eigenvalue weighted by Gasteiger charge is 2.44. The van der Waals surface area contributed by atoms with Crippen LogP contribution in [-0.2, 0) is 39.3 Å². The van der Waals surface area contributed by atoms with Crippen molar-refractivity contribution in [2.75, 3.05) is 19.5 Å². The minimum Gasteiger partial charge on any atom is -0.496 e. The van der Waals surface area contributed by atoms with Gasteiger partial charge in [-0.25, -0.2) is 4.79 Å². The largest absolute Gasteiger partial charge is 0.496 e. The van der Waals surface area contributed by atoms with Crippen LogP contribution >= 0.6 is 11.8 Å². The number of ether oxygens (including phenoxy) is 3. The molecule has 1 aliphatic heterocycles. The van der Waals surface area contributed by atoms with Crippen LogP contribution in [0.15, 0.2) is 59.5 Å². The van der Waals surface area contributed by atoms with E-state index in [-0.39, 0.29) is 41.9 Å². The van der Waals surface area contributed by atoms with Crippen LogP contribution in [0.5, 0.6) is 5.75 Å². The van der Waals surface area contributed by atoms with Gasteiger partial charge in [0.1, 0.15) is 11.9 Å². The molecule has 0 unspecified atom stereocenters. The lowest BCUT2D eigenvalue weighted by atomic mass is 9.94. The Morgan fingerprint density at radius 2 is 1.49 bits per heavy atom. The lowest BCUT2D eigenvalue weighted by Gasteiger charge is -2.24. The Labute approximate surface area is 279 Å². The van der Waals surface area contributed by atoms with E-state index >= 15 is 0 Å². The molecule has 1 amide bonds. The molecule has 6 nitrogen and oxygen atoms in total. The van der Waals surface area contributed by atoms with E-state index in [2.05, 4.69) is 0 Å². The predicted octanol–water partition coefficient (Wildman–Crippen LogP) is 9.94. The third-order valence-corrected chi connectivity index (χ3v) is 8.74. The molecule has 2 atom stereocenters. The summed E-state index contributed by atoms with van der Waals surface area (Å²) in [6, 6.07) is 7.47. The first-order valence-corrected chi connectivity index (χ1v) is 15.8. The zero-order valence-electron chi connectivity index (χ0n) is 26.2. The third-order valence-electron chi connectivity index (χ3n) is 7.66. The summed E-state index contributed by atoms with van der Waals surface area (Å²) >= 11 is 1.37. The first-order chi connectivity index (χ1) is 22.8. The Hall–Kier alpha value is -4.08. The summed E-state index contributed by atoms with van der Waals surface area (Å²) in [4.78, 5) is 26.3. The Kier molecular flexibility index (Phi) is 11.4. The number of amides is 1. The topological polar surface area (TPSA) is 65.1 Å². The van der Waals surface area contributed by atoms with Crippen molar-refractivity contribution in [1.29, 1.82) is 0 Å². The molecule has 4 rings (SSSR count). The van der Waals surface area contributed by atoms with Gasteiger partial charge in [0.15, 0.2) is 0 Å². The van der Waals surface area contributed by atoms with Gasteiger partial charge in [0, 0.05) is 16.9 Å². The molecule has 0 radical (unpaired) electrons. The van der Waals surface area contributed by atoms with Gasteiger partial charge < -0.3 is 14.2 Å². The maximum absolute atomic E-state index is 13.9. The van der Waals surface area contributed by atoms with Gasteiger partial charge in [0.2, 0.25) is 0 Å². The molecule has 3 aromatic rings. The monoisotopic (exact) mass is 723 g/mol. The third kappa shape index (κ3) is 9.13. The number of cyclic esters (lactones) is 1. The number of rotatable bonds is 11. The van der Waals surface area contributed by atoms with Crippen molar-refractivity contribution in [3.8, 4) is 16.9 Å². The van der Waals surface area contributed by atoms with Gasteiger partial charge in [-0.1, -0.05) is 6.07 Å². The molecule has 49 heavy (non-hydrogen) atoms. The van der Waals surface area contributed by atoms with Gasteiger partial charge in [-0.05, 0) is 91.2 Å². The summed E-state index contributed by atoms with van der Waals surface area (Å²) in [5, 5.41) is 0. The van der Waals surface area contributed by atoms with Crippen molar-refractivity contribution in [3.05, 3.63) is 82.4 Å². The van der Waals surface area contributed by atoms with Crippen molar-refractivity contribution >= 4 is 23.8 Å². The summed E-state index contributed by atoms with van der Waals surface area (Å²) in [5.74, 6) is 0.434. The highest BCUT2D eigenvalue weighted by Crippen LogP contribution is 2.43. The SMILES string of the molecule is CCOC(=O)CCCSc1ccc(OC)c(-c2ccc(C(F)(F)F)cc2CN2C(=O)O[C@H](c3cc(C(F)(F)F)cc(C(F)(F)F)c3)[C@@H]2C)c1. The summed E-state index contributed by atoms with van der Waals surface area (Å²) in [6.07, 6.45) is -17.2. The number of methoxy groups -OCH3 is 1. The number of carbonyl (C=O) groups excluding carboxylic acids is 2. The average molecular weight is 724 g/mol. The van der Waals surface area contributed by atoms with Crippen molar-refractivity contribution in [2.45, 2.75) is 68.8 Å². The van der Waals surface area contributed by atoms with E-state index in [0.717, 1.165) is 17.0 Å². The van der Waals surface area contributed by atoms with E-state index in [4.69, 9.17) is 14.2 Å². The van der Waals surface area contributed by atoms with Gasteiger partial charge in [-0.15, -0.1) is 11.8 Å². The molecule has 0 aliphatic carbocycles. The summed E-state index contributed by atoms with van der Waals surface area (Å²) in [7, 11) is 1.35. The van der Waals surface area contributed by atoms with Gasteiger partial charge in [-0.3, -0.25) is 9.69 Å². The van der Waals surface area contributed by atoms with E-state index in [1.165, 1.54) is 31.9 Å². The lowest BCUT2D eigenvalue weighted by Crippen LogP contribution is -2.32.